The van der Waals surface area contributed by atoms with Crippen molar-refractivity contribution >= 4 is 5.78 Å². The molecule has 1 unspecified atom stereocenters. The Kier molecular flexibility index (Phi) is 3.95. The summed E-state index contributed by atoms with van der Waals surface area (Å²) >= 11 is 0. The highest BCUT2D eigenvalue weighted by Gasteiger charge is 2.69. The van der Waals surface area contributed by atoms with Crippen molar-refractivity contribution in [3.8, 4) is 0 Å². The van der Waals surface area contributed by atoms with Crippen LogP contribution >= 0.6 is 0 Å². The van der Waals surface area contributed by atoms with E-state index < -0.39 is 11.6 Å². The van der Waals surface area contributed by atoms with Crippen molar-refractivity contribution in [2.24, 2.45) is 29.1 Å². The van der Waals surface area contributed by atoms with Gasteiger partial charge in [0.15, 0.2) is 11.6 Å². The Labute approximate surface area is 167 Å². The second-order valence-corrected chi connectivity index (χ2v) is 9.88. The van der Waals surface area contributed by atoms with E-state index in [1.54, 1.807) is 0 Å². The highest BCUT2D eigenvalue weighted by molar-refractivity contribution is 5.84. The Balaban J connectivity index is 1.34. The van der Waals surface area contributed by atoms with Crippen LogP contribution in [0.4, 0.5) is 0 Å². The minimum Gasteiger partial charge on any atom is -0.347 e. The molecule has 0 aromatic carbocycles. The van der Waals surface area contributed by atoms with E-state index in [4.69, 9.17) is 18.9 Å². The fraction of sp³-hybridized carbons (Fsp3) is 0.870. The molecule has 0 amide bonds. The van der Waals surface area contributed by atoms with Crippen LogP contribution in [-0.4, -0.2) is 43.8 Å². The van der Waals surface area contributed by atoms with E-state index in [-0.39, 0.29) is 11.3 Å². The second kappa shape index (κ2) is 6.13. The molecular formula is C23H32O5. The number of allylic oxidation sites excluding steroid dienone is 1. The first-order valence-electron chi connectivity index (χ1n) is 11.4. The molecule has 5 fully saturated rings. The molecule has 154 valence electrons. The monoisotopic (exact) mass is 388 g/mol. The molecule has 2 saturated heterocycles. The van der Waals surface area contributed by atoms with Gasteiger partial charge in [0.25, 0.3) is 0 Å². The fourth-order valence-corrected chi connectivity index (χ4v) is 8.09. The molecule has 0 N–H and O–H groups in total. The lowest BCUT2D eigenvalue weighted by atomic mass is 9.50. The molecule has 5 nitrogen and oxygen atoms in total. The Bertz CT molecular complexity index is 702. The lowest BCUT2D eigenvalue weighted by Gasteiger charge is -2.55. The smallest absolute Gasteiger partial charge is 0.174 e. The molecular weight excluding hydrogens is 356 g/mol. The van der Waals surface area contributed by atoms with E-state index >= 15 is 0 Å². The van der Waals surface area contributed by atoms with Gasteiger partial charge in [0.1, 0.15) is 5.78 Å². The Morgan fingerprint density at radius 1 is 1.00 bits per heavy atom. The molecule has 5 heteroatoms. The zero-order valence-corrected chi connectivity index (χ0v) is 16.9. The average Bonchev–Trinajstić information content (AvgIpc) is 3.43. The van der Waals surface area contributed by atoms with Gasteiger partial charge in [0, 0.05) is 37.0 Å². The van der Waals surface area contributed by atoms with E-state index in [1.165, 1.54) is 5.57 Å². The van der Waals surface area contributed by atoms with E-state index in [9.17, 15) is 4.79 Å². The van der Waals surface area contributed by atoms with Crippen LogP contribution in [-0.2, 0) is 23.7 Å². The lowest BCUT2D eigenvalue weighted by Crippen LogP contribution is -2.57. The molecule has 3 saturated carbocycles. The third kappa shape index (κ3) is 2.19. The summed E-state index contributed by atoms with van der Waals surface area (Å²) in [6, 6.07) is 0. The van der Waals surface area contributed by atoms with Crippen LogP contribution in [0.3, 0.4) is 0 Å². The van der Waals surface area contributed by atoms with Gasteiger partial charge in [-0.3, -0.25) is 4.79 Å². The number of ether oxygens (including phenoxy) is 4. The van der Waals surface area contributed by atoms with Gasteiger partial charge in [-0.15, -0.1) is 0 Å². The summed E-state index contributed by atoms with van der Waals surface area (Å²) in [6.07, 6.45) is 9.94. The van der Waals surface area contributed by atoms with Gasteiger partial charge >= 0.3 is 0 Å². The summed E-state index contributed by atoms with van der Waals surface area (Å²) < 4.78 is 24.4. The highest BCUT2D eigenvalue weighted by Crippen LogP contribution is 2.67. The molecule has 0 radical (unpaired) electrons. The van der Waals surface area contributed by atoms with Crippen LogP contribution in [0.5, 0.6) is 0 Å². The summed E-state index contributed by atoms with van der Waals surface area (Å²) in [4.78, 5) is 13.6. The van der Waals surface area contributed by atoms with Gasteiger partial charge in [0.05, 0.1) is 26.4 Å². The maximum Gasteiger partial charge on any atom is 0.174 e. The minimum atomic E-state index is -0.501. The molecule has 5 atom stereocenters. The van der Waals surface area contributed by atoms with Gasteiger partial charge in [-0.1, -0.05) is 18.6 Å². The first kappa shape index (κ1) is 18.1. The summed E-state index contributed by atoms with van der Waals surface area (Å²) in [5.41, 5.74) is 1.30. The van der Waals surface area contributed by atoms with Crippen molar-refractivity contribution in [3.63, 3.8) is 0 Å². The Morgan fingerprint density at radius 2 is 1.75 bits per heavy atom. The summed E-state index contributed by atoms with van der Waals surface area (Å²) in [5, 5.41) is 0. The van der Waals surface area contributed by atoms with Crippen molar-refractivity contribution in [1.82, 2.24) is 0 Å². The molecule has 2 spiro atoms. The number of carbonyl (C=O) groups is 1. The molecule has 6 rings (SSSR count). The van der Waals surface area contributed by atoms with E-state index in [2.05, 4.69) is 13.0 Å². The third-order valence-corrected chi connectivity index (χ3v) is 9.16. The van der Waals surface area contributed by atoms with Crippen molar-refractivity contribution in [2.45, 2.75) is 69.9 Å². The van der Waals surface area contributed by atoms with Gasteiger partial charge in [-0.05, 0) is 43.4 Å². The topological polar surface area (TPSA) is 54.0 Å². The number of hydrogen-bond donors (Lipinski definition) is 0. The van der Waals surface area contributed by atoms with E-state index in [1.807, 2.05) is 0 Å². The molecule has 28 heavy (non-hydrogen) atoms. The van der Waals surface area contributed by atoms with E-state index in [0.29, 0.717) is 56.4 Å². The maximum absolute atomic E-state index is 13.6. The number of hydrogen-bond acceptors (Lipinski definition) is 5. The van der Waals surface area contributed by atoms with Crippen molar-refractivity contribution in [3.05, 3.63) is 11.6 Å². The Morgan fingerprint density at radius 3 is 2.50 bits per heavy atom. The van der Waals surface area contributed by atoms with Crippen LogP contribution in [0.25, 0.3) is 0 Å². The molecule has 2 heterocycles. The maximum atomic E-state index is 13.6. The first-order valence-corrected chi connectivity index (χ1v) is 11.4. The fourth-order valence-electron chi connectivity index (χ4n) is 8.09. The third-order valence-electron chi connectivity index (χ3n) is 9.16. The second-order valence-electron chi connectivity index (χ2n) is 9.88. The quantitative estimate of drug-likeness (QED) is 0.642. The van der Waals surface area contributed by atoms with Crippen LogP contribution in [0, 0.1) is 29.1 Å². The number of fused-ring (bicyclic) bond motifs is 6. The number of rotatable bonds is 1. The van der Waals surface area contributed by atoms with Crippen molar-refractivity contribution in [2.75, 3.05) is 26.4 Å². The molecule has 4 aliphatic carbocycles. The summed E-state index contributed by atoms with van der Waals surface area (Å²) in [5.74, 6) is 1.11. The summed E-state index contributed by atoms with van der Waals surface area (Å²) in [6.45, 7) is 4.98. The molecule has 0 bridgehead atoms. The lowest BCUT2D eigenvalue weighted by molar-refractivity contribution is -0.244. The Hall–Kier alpha value is -0.750. The van der Waals surface area contributed by atoms with E-state index in [0.717, 1.165) is 44.9 Å². The molecule has 0 aromatic rings. The van der Waals surface area contributed by atoms with Crippen molar-refractivity contribution < 1.29 is 23.7 Å². The SMILES string of the molecule is CC[C@]12CC(=O)[C@@H]3C4CCC5(CC4=CC[C@H]3[C@@H]1CCC21OCCO1)OCCO5. The van der Waals surface area contributed by atoms with Gasteiger partial charge < -0.3 is 18.9 Å². The largest absolute Gasteiger partial charge is 0.347 e. The highest BCUT2D eigenvalue weighted by atomic mass is 16.7. The normalized spacial score (nSPS) is 45.8. The van der Waals surface area contributed by atoms with Crippen molar-refractivity contribution in [1.29, 1.82) is 0 Å². The number of carbonyl (C=O) groups excluding carboxylic acids is 1. The standard InChI is InChI=1S/C23H32O5/c1-2-21-14-19(24)20-16-5-7-22(25-9-10-26-22)13-15(16)3-4-17(20)18(21)6-8-23(21)27-11-12-28-23/h3,16-18,20H,2,4-14H2,1H3/t16?,17-,18-,20+,21-/m0/s1. The predicted octanol–water partition coefficient (Wildman–Crippen LogP) is 3.61. The number of Topliss-reactive ketones (excluding diaryl/α,β-unsaturated/α-hetero) is 1. The van der Waals surface area contributed by atoms with Crippen LogP contribution < -0.4 is 0 Å². The van der Waals surface area contributed by atoms with Crippen LogP contribution in [0.2, 0.25) is 0 Å². The summed E-state index contributed by atoms with van der Waals surface area (Å²) in [7, 11) is 0. The van der Waals surface area contributed by atoms with Crippen LogP contribution in [0.1, 0.15) is 58.3 Å². The zero-order chi connectivity index (χ0) is 19.0. The first-order chi connectivity index (χ1) is 13.6. The number of ketones is 1. The van der Waals surface area contributed by atoms with Crippen LogP contribution in [0.15, 0.2) is 11.6 Å². The van der Waals surface area contributed by atoms with Gasteiger partial charge in [-0.2, -0.15) is 0 Å². The van der Waals surface area contributed by atoms with Gasteiger partial charge in [0.2, 0.25) is 0 Å². The molecule has 0 aromatic heterocycles. The predicted molar refractivity (Wildman–Crippen MR) is 101 cm³/mol. The zero-order valence-electron chi connectivity index (χ0n) is 16.9. The molecule has 6 aliphatic rings. The minimum absolute atomic E-state index is 0.124. The average molecular weight is 389 g/mol. The van der Waals surface area contributed by atoms with Gasteiger partial charge in [-0.25, -0.2) is 0 Å². The molecule has 2 aliphatic heterocycles.